The number of aryl methyl sites for hydroxylation is 1. The molecule has 3 N–H and O–H groups in total. The summed E-state index contributed by atoms with van der Waals surface area (Å²) in [5, 5.41) is 14.5. The zero-order valence-electron chi connectivity index (χ0n) is 11.8. The molecule has 3 nitrogen and oxygen atoms in total. The molecule has 1 aromatic heterocycles. The van der Waals surface area contributed by atoms with E-state index in [1.54, 1.807) is 12.1 Å². The smallest absolute Gasteiger partial charge is 0.117 e. The van der Waals surface area contributed by atoms with Gasteiger partial charge in [0.2, 0.25) is 0 Å². The van der Waals surface area contributed by atoms with Crippen LogP contribution in [-0.4, -0.2) is 10.1 Å². The highest BCUT2D eigenvalue weighted by atomic mass is 16.3. The largest absolute Gasteiger partial charge is 0.508 e. The minimum absolute atomic E-state index is 0.281. The van der Waals surface area contributed by atoms with Crippen molar-refractivity contribution in [3.63, 3.8) is 0 Å². The molecule has 0 amide bonds. The van der Waals surface area contributed by atoms with Gasteiger partial charge in [-0.2, -0.15) is 0 Å². The number of aromatic nitrogens is 1. The van der Waals surface area contributed by atoms with Crippen LogP contribution in [0.15, 0.2) is 48.5 Å². The van der Waals surface area contributed by atoms with Gasteiger partial charge in [0.15, 0.2) is 0 Å². The summed E-state index contributed by atoms with van der Waals surface area (Å²) in [4.78, 5) is 3.58. The summed E-state index contributed by atoms with van der Waals surface area (Å²) in [5.41, 5.74) is 4.92. The highest BCUT2D eigenvalue weighted by Crippen LogP contribution is 2.36. The number of fused-ring (bicyclic) bond motifs is 3. The Balaban J connectivity index is 1.73. The summed E-state index contributed by atoms with van der Waals surface area (Å²) in [6, 6.07) is 16.1. The van der Waals surface area contributed by atoms with Gasteiger partial charge in [-0.3, -0.25) is 0 Å². The number of aromatic hydroxyl groups is 1. The summed E-state index contributed by atoms with van der Waals surface area (Å²) >= 11 is 0. The van der Waals surface area contributed by atoms with Crippen molar-refractivity contribution in [1.82, 2.24) is 4.98 Å². The first kappa shape index (κ1) is 12.3. The second-order valence-electron chi connectivity index (χ2n) is 5.70. The van der Waals surface area contributed by atoms with Gasteiger partial charge in [-0.05, 0) is 43.0 Å². The molecule has 0 radical (unpaired) electrons. The topological polar surface area (TPSA) is 48.0 Å². The van der Waals surface area contributed by atoms with E-state index in [-0.39, 0.29) is 6.04 Å². The fourth-order valence-electron chi connectivity index (χ4n) is 3.36. The van der Waals surface area contributed by atoms with Crippen LogP contribution < -0.4 is 5.32 Å². The van der Waals surface area contributed by atoms with E-state index in [0.29, 0.717) is 5.75 Å². The number of hydrogen-bond donors (Lipinski definition) is 3. The Kier molecular flexibility index (Phi) is 2.85. The number of phenolic OH excluding ortho intramolecular Hbond substituents is 1. The molecule has 106 valence electrons. The van der Waals surface area contributed by atoms with Gasteiger partial charge in [-0.15, -0.1) is 0 Å². The van der Waals surface area contributed by atoms with Crippen molar-refractivity contribution < 1.29 is 5.11 Å². The highest BCUT2D eigenvalue weighted by Gasteiger charge is 2.23. The van der Waals surface area contributed by atoms with E-state index < -0.39 is 0 Å². The molecule has 1 aliphatic rings. The Morgan fingerprint density at radius 2 is 2.00 bits per heavy atom. The summed E-state index contributed by atoms with van der Waals surface area (Å²) in [6.45, 7) is 0. The molecule has 1 unspecified atom stereocenters. The molecule has 1 aliphatic carbocycles. The number of H-pyrrole nitrogens is 1. The SMILES string of the molecule is Oc1cccc(NC2CCCc3c2[nH]c2ccccc32)c1. The van der Waals surface area contributed by atoms with Crippen molar-refractivity contribution >= 4 is 16.6 Å². The van der Waals surface area contributed by atoms with E-state index in [2.05, 4.69) is 34.6 Å². The van der Waals surface area contributed by atoms with Crippen molar-refractivity contribution in [3.8, 4) is 5.75 Å². The lowest BCUT2D eigenvalue weighted by molar-refractivity contribution is 0.475. The third-order valence-electron chi connectivity index (χ3n) is 4.30. The van der Waals surface area contributed by atoms with Crippen molar-refractivity contribution in [3.05, 3.63) is 59.8 Å². The molecule has 0 saturated heterocycles. The molecular formula is C18H18N2O. The molecule has 1 atom stereocenters. The van der Waals surface area contributed by atoms with Crippen molar-refractivity contribution in [2.24, 2.45) is 0 Å². The zero-order chi connectivity index (χ0) is 14.2. The summed E-state index contributed by atoms with van der Waals surface area (Å²) in [6.07, 6.45) is 3.43. The molecule has 1 heterocycles. The predicted molar refractivity (Wildman–Crippen MR) is 85.7 cm³/mol. The molecule has 3 aromatic rings. The molecule has 0 saturated carbocycles. The molecule has 0 aliphatic heterocycles. The van der Waals surface area contributed by atoms with E-state index >= 15 is 0 Å². The first-order chi connectivity index (χ1) is 10.3. The number of hydrogen-bond acceptors (Lipinski definition) is 2. The van der Waals surface area contributed by atoms with Crippen LogP contribution >= 0.6 is 0 Å². The summed E-state index contributed by atoms with van der Waals surface area (Å²) in [7, 11) is 0. The third-order valence-corrected chi connectivity index (χ3v) is 4.30. The van der Waals surface area contributed by atoms with E-state index in [0.717, 1.165) is 18.5 Å². The minimum atomic E-state index is 0.281. The van der Waals surface area contributed by atoms with Crippen LogP contribution in [0.4, 0.5) is 5.69 Å². The lowest BCUT2D eigenvalue weighted by Crippen LogP contribution is -2.17. The average Bonchev–Trinajstić information content (AvgIpc) is 2.87. The van der Waals surface area contributed by atoms with Crippen molar-refractivity contribution in [2.45, 2.75) is 25.3 Å². The van der Waals surface area contributed by atoms with Crippen LogP contribution in [0.25, 0.3) is 10.9 Å². The Labute approximate surface area is 123 Å². The van der Waals surface area contributed by atoms with Crippen LogP contribution in [0.2, 0.25) is 0 Å². The second kappa shape index (κ2) is 4.85. The number of rotatable bonds is 2. The van der Waals surface area contributed by atoms with Gasteiger partial charge in [0, 0.05) is 28.4 Å². The fourth-order valence-corrected chi connectivity index (χ4v) is 3.36. The highest BCUT2D eigenvalue weighted by molar-refractivity contribution is 5.85. The average molecular weight is 278 g/mol. The van der Waals surface area contributed by atoms with Gasteiger partial charge >= 0.3 is 0 Å². The van der Waals surface area contributed by atoms with E-state index in [1.807, 2.05) is 12.1 Å². The van der Waals surface area contributed by atoms with Crippen molar-refractivity contribution in [2.75, 3.05) is 5.32 Å². The molecule has 4 rings (SSSR count). The normalized spacial score (nSPS) is 17.6. The lowest BCUT2D eigenvalue weighted by atomic mass is 9.91. The lowest BCUT2D eigenvalue weighted by Gasteiger charge is -2.24. The van der Waals surface area contributed by atoms with Gasteiger partial charge in [-0.25, -0.2) is 0 Å². The number of nitrogens with one attached hydrogen (secondary N) is 2. The fraction of sp³-hybridized carbons (Fsp3) is 0.222. The van der Waals surface area contributed by atoms with Gasteiger partial charge in [-0.1, -0.05) is 24.3 Å². The Hall–Kier alpha value is -2.42. The van der Waals surface area contributed by atoms with Crippen LogP contribution in [0, 0.1) is 0 Å². The van der Waals surface area contributed by atoms with Crippen LogP contribution in [0.5, 0.6) is 5.75 Å². The summed E-state index contributed by atoms with van der Waals surface area (Å²) in [5.74, 6) is 0.299. The second-order valence-corrected chi connectivity index (χ2v) is 5.70. The maximum atomic E-state index is 9.60. The van der Waals surface area contributed by atoms with Gasteiger partial charge < -0.3 is 15.4 Å². The number of anilines is 1. The first-order valence-electron chi connectivity index (χ1n) is 7.46. The molecule has 21 heavy (non-hydrogen) atoms. The maximum absolute atomic E-state index is 9.60. The third kappa shape index (κ3) is 2.15. The number of benzene rings is 2. The Bertz CT molecular complexity index is 791. The van der Waals surface area contributed by atoms with Crippen LogP contribution in [-0.2, 0) is 6.42 Å². The molecular weight excluding hydrogens is 260 g/mol. The molecule has 0 spiro atoms. The van der Waals surface area contributed by atoms with E-state index in [1.165, 1.54) is 28.6 Å². The Morgan fingerprint density at radius 3 is 2.90 bits per heavy atom. The molecule has 3 heteroatoms. The summed E-state index contributed by atoms with van der Waals surface area (Å²) < 4.78 is 0. The van der Waals surface area contributed by atoms with Crippen molar-refractivity contribution in [1.29, 1.82) is 0 Å². The van der Waals surface area contributed by atoms with E-state index in [9.17, 15) is 5.11 Å². The number of para-hydroxylation sites is 1. The van der Waals surface area contributed by atoms with Gasteiger partial charge in [0.25, 0.3) is 0 Å². The first-order valence-corrected chi connectivity index (χ1v) is 7.46. The molecule has 2 aromatic carbocycles. The quantitative estimate of drug-likeness (QED) is 0.652. The van der Waals surface area contributed by atoms with Crippen LogP contribution in [0.1, 0.15) is 30.1 Å². The Morgan fingerprint density at radius 1 is 1.10 bits per heavy atom. The molecule has 0 fully saturated rings. The van der Waals surface area contributed by atoms with Gasteiger partial charge in [0.05, 0.1) is 6.04 Å². The number of aromatic amines is 1. The van der Waals surface area contributed by atoms with E-state index in [4.69, 9.17) is 0 Å². The van der Waals surface area contributed by atoms with Crippen LogP contribution in [0.3, 0.4) is 0 Å². The van der Waals surface area contributed by atoms with Gasteiger partial charge in [0.1, 0.15) is 5.75 Å². The molecule has 0 bridgehead atoms. The minimum Gasteiger partial charge on any atom is -0.508 e. The standard InChI is InChI=1S/C18H18N2O/c21-13-6-3-5-12(11-13)19-17-10-4-8-15-14-7-1-2-9-16(14)20-18(15)17/h1-3,5-7,9,11,17,19-21H,4,8,10H2. The predicted octanol–water partition coefficient (Wildman–Crippen LogP) is 4.36. The monoisotopic (exact) mass is 278 g/mol. The maximum Gasteiger partial charge on any atom is 0.117 e. The zero-order valence-corrected chi connectivity index (χ0v) is 11.8. The number of phenols is 1.